The average molecular weight is 198 g/mol. The SMILES string of the molecule is CC(=O)O[C@H]1C=CO[C@@H]2OC(=O)C[C@@H]21. The summed E-state index contributed by atoms with van der Waals surface area (Å²) in [5.41, 5.74) is 0. The predicted octanol–water partition coefficient (Wildman–Crippen LogP) is 0.351. The highest BCUT2D eigenvalue weighted by Crippen LogP contribution is 2.31. The van der Waals surface area contributed by atoms with E-state index in [0.29, 0.717) is 0 Å². The Morgan fingerprint density at radius 2 is 2.43 bits per heavy atom. The smallest absolute Gasteiger partial charge is 0.309 e. The first-order chi connectivity index (χ1) is 6.66. The molecule has 5 heteroatoms. The van der Waals surface area contributed by atoms with Gasteiger partial charge in [-0.25, -0.2) is 0 Å². The number of hydrogen-bond donors (Lipinski definition) is 0. The van der Waals surface area contributed by atoms with E-state index in [0.717, 1.165) is 0 Å². The number of esters is 2. The molecule has 0 N–H and O–H groups in total. The molecule has 5 nitrogen and oxygen atoms in total. The Morgan fingerprint density at radius 3 is 3.14 bits per heavy atom. The zero-order chi connectivity index (χ0) is 10.1. The zero-order valence-electron chi connectivity index (χ0n) is 7.64. The minimum atomic E-state index is -0.600. The maximum absolute atomic E-state index is 11.0. The highest BCUT2D eigenvalue weighted by molar-refractivity contribution is 5.72. The van der Waals surface area contributed by atoms with Crippen molar-refractivity contribution in [1.82, 2.24) is 0 Å². The van der Waals surface area contributed by atoms with E-state index in [-0.39, 0.29) is 24.3 Å². The van der Waals surface area contributed by atoms with Crippen molar-refractivity contribution in [1.29, 1.82) is 0 Å². The third-order valence-corrected chi connectivity index (χ3v) is 2.20. The number of carbonyl (C=O) groups excluding carboxylic acids is 2. The van der Waals surface area contributed by atoms with E-state index in [1.54, 1.807) is 6.08 Å². The van der Waals surface area contributed by atoms with Crippen LogP contribution in [-0.4, -0.2) is 24.3 Å². The molecule has 0 bridgehead atoms. The van der Waals surface area contributed by atoms with Crippen molar-refractivity contribution in [2.24, 2.45) is 5.92 Å². The fraction of sp³-hybridized carbons (Fsp3) is 0.556. The van der Waals surface area contributed by atoms with E-state index in [1.165, 1.54) is 13.2 Å². The van der Waals surface area contributed by atoms with Crippen LogP contribution in [0.3, 0.4) is 0 Å². The summed E-state index contributed by atoms with van der Waals surface area (Å²) in [5, 5.41) is 0. The van der Waals surface area contributed by atoms with Gasteiger partial charge in [0.1, 0.15) is 6.10 Å². The van der Waals surface area contributed by atoms with Crippen LogP contribution in [0.4, 0.5) is 0 Å². The molecule has 0 spiro atoms. The largest absolute Gasteiger partial charge is 0.462 e. The Bertz CT molecular complexity index is 296. The quantitative estimate of drug-likeness (QED) is 0.569. The Hall–Kier alpha value is -1.52. The van der Waals surface area contributed by atoms with Crippen molar-refractivity contribution in [2.45, 2.75) is 25.7 Å². The molecule has 2 heterocycles. The summed E-state index contributed by atoms with van der Waals surface area (Å²) in [5.74, 6) is -0.906. The molecule has 0 aromatic heterocycles. The van der Waals surface area contributed by atoms with Crippen LogP contribution in [0, 0.1) is 5.92 Å². The number of rotatable bonds is 1. The summed E-state index contributed by atoms with van der Waals surface area (Å²) in [6.45, 7) is 1.33. The fourth-order valence-corrected chi connectivity index (χ4v) is 1.61. The van der Waals surface area contributed by atoms with Gasteiger partial charge < -0.3 is 14.2 Å². The third-order valence-electron chi connectivity index (χ3n) is 2.20. The highest BCUT2D eigenvalue weighted by atomic mass is 16.7. The van der Waals surface area contributed by atoms with Gasteiger partial charge in [-0.15, -0.1) is 0 Å². The van der Waals surface area contributed by atoms with Gasteiger partial charge in [-0.3, -0.25) is 9.59 Å². The number of fused-ring (bicyclic) bond motifs is 1. The molecule has 14 heavy (non-hydrogen) atoms. The topological polar surface area (TPSA) is 61.8 Å². The van der Waals surface area contributed by atoms with Crippen molar-refractivity contribution in [3.05, 3.63) is 12.3 Å². The maximum Gasteiger partial charge on any atom is 0.309 e. The number of ether oxygens (including phenoxy) is 3. The normalized spacial score (nSPS) is 34.4. The Labute approximate surface area is 80.6 Å². The summed E-state index contributed by atoms with van der Waals surface area (Å²) in [6, 6.07) is 0. The molecule has 1 fully saturated rings. The molecule has 76 valence electrons. The molecule has 0 aromatic carbocycles. The molecule has 0 aromatic rings. The Balaban J connectivity index is 2.09. The van der Waals surface area contributed by atoms with E-state index in [1.807, 2.05) is 0 Å². The lowest BCUT2D eigenvalue weighted by molar-refractivity contribution is -0.167. The molecule has 2 rings (SSSR count). The van der Waals surface area contributed by atoms with Crippen molar-refractivity contribution in [3.63, 3.8) is 0 Å². The lowest BCUT2D eigenvalue weighted by atomic mass is 9.98. The van der Waals surface area contributed by atoms with Crippen LogP contribution in [0.15, 0.2) is 12.3 Å². The fourth-order valence-electron chi connectivity index (χ4n) is 1.61. The molecule has 0 amide bonds. The minimum absolute atomic E-state index is 0.212. The molecule has 0 unspecified atom stereocenters. The molecular formula is C9H10O5. The van der Waals surface area contributed by atoms with Gasteiger partial charge in [-0.05, 0) is 6.08 Å². The van der Waals surface area contributed by atoms with Crippen LogP contribution in [0.5, 0.6) is 0 Å². The van der Waals surface area contributed by atoms with Gasteiger partial charge in [0.15, 0.2) is 0 Å². The van der Waals surface area contributed by atoms with E-state index in [9.17, 15) is 9.59 Å². The molecule has 2 aliphatic rings. The van der Waals surface area contributed by atoms with Gasteiger partial charge in [0.2, 0.25) is 0 Å². The Kier molecular flexibility index (Phi) is 2.15. The van der Waals surface area contributed by atoms with Crippen LogP contribution in [0.25, 0.3) is 0 Å². The maximum atomic E-state index is 11.0. The summed E-state index contributed by atoms with van der Waals surface area (Å²) in [4.78, 5) is 21.7. The lowest BCUT2D eigenvalue weighted by Crippen LogP contribution is -2.34. The van der Waals surface area contributed by atoms with E-state index >= 15 is 0 Å². The summed E-state index contributed by atoms with van der Waals surface area (Å²) >= 11 is 0. The van der Waals surface area contributed by atoms with E-state index in [4.69, 9.17) is 14.2 Å². The van der Waals surface area contributed by atoms with Gasteiger partial charge in [-0.2, -0.15) is 0 Å². The molecule has 3 atom stereocenters. The van der Waals surface area contributed by atoms with Crippen molar-refractivity contribution in [3.8, 4) is 0 Å². The second-order valence-corrected chi connectivity index (χ2v) is 3.26. The Morgan fingerprint density at radius 1 is 1.64 bits per heavy atom. The van der Waals surface area contributed by atoms with Crippen LogP contribution in [0.2, 0.25) is 0 Å². The van der Waals surface area contributed by atoms with Crippen LogP contribution < -0.4 is 0 Å². The summed E-state index contributed by atoms with van der Waals surface area (Å²) < 4.78 is 15.0. The molecule has 0 radical (unpaired) electrons. The van der Waals surface area contributed by atoms with Crippen LogP contribution in [-0.2, 0) is 23.8 Å². The lowest BCUT2D eigenvalue weighted by Gasteiger charge is -2.26. The van der Waals surface area contributed by atoms with Gasteiger partial charge in [0, 0.05) is 6.92 Å². The van der Waals surface area contributed by atoms with Gasteiger partial charge in [-0.1, -0.05) is 0 Å². The molecule has 0 aliphatic carbocycles. The third kappa shape index (κ3) is 1.57. The van der Waals surface area contributed by atoms with Crippen LogP contribution in [0.1, 0.15) is 13.3 Å². The van der Waals surface area contributed by atoms with Crippen molar-refractivity contribution < 1.29 is 23.8 Å². The first-order valence-corrected chi connectivity index (χ1v) is 4.35. The first-order valence-electron chi connectivity index (χ1n) is 4.35. The second-order valence-electron chi connectivity index (χ2n) is 3.26. The van der Waals surface area contributed by atoms with Gasteiger partial charge >= 0.3 is 11.9 Å². The van der Waals surface area contributed by atoms with Gasteiger partial charge in [0.25, 0.3) is 6.29 Å². The van der Waals surface area contributed by atoms with E-state index < -0.39 is 12.4 Å². The second kappa shape index (κ2) is 3.32. The molecule has 2 aliphatic heterocycles. The van der Waals surface area contributed by atoms with E-state index in [2.05, 4.69) is 0 Å². The van der Waals surface area contributed by atoms with Crippen molar-refractivity contribution >= 4 is 11.9 Å². The predicted molar refractivity (Wildman–Crippen MR) is 43.8 cm³/mol. The minimum Gasteiger partial charge on any atom is -0.462 e. The molecular weight excluding hydrogens is 188 g/mol. The van der Waals surface area contributed by atoms with Crippen molar-refractivity contribution in [2.75, 3.05) is 0 Å². The highest BCUT2D eigenvalue weighted by Gasteiger charge is 2.43. The number of hydrogen-bond acceptors (Lipinski definition) is 5. The molecule has 0 saturated carbocycles. The monoisotopic (exact) mass is 198 g/mol. The first kappa shape index (κ1) is 9.05. The van der Waals surface area contributed by atoms with Gasteiger partial charge in [0.05, 0.1) is 18.6 Å². The molecule has 1 saturated heterocycles. The van der Waals surface area contributed by atoms with Crippen LogP contribution >= 0.6 is 0 Å². The summed E-state index contributed by atoms with van der Waals surface area (Å²) in [7, 11) is 0. The standard InChI is InChI=1S/C9H10O5/c1-5(10)13-7-2-3-12-9-6(7)4-8(11)14-9/h2-3,6-7,9H,4H2,1H3/t6-,7+,9-/m1/s1. The number of carbonyl (C=O) groups is 2. The average Bonchev–Trinajstić information content (AvgIpc) is 2.45. The summed E-state index contributed by atoms with van der Waals surface area (Å²) in [6.07, 6.45) is 2.22. The zero-order valence-corrected chi connectivity index (χ0v) is 7.64.